The van der Waals surface area contributed by atoms with Crippen molar-refractivity contribution in [3.63, 3.8) is 0 Å². The van der Waals surface area contributed by atoms with Crippen molar-refractivity contribution in [2.45, 2.75) is 84.0 Å². The Kier molecular flexibility index (Phi) is 11.6. The van der Waals surface area contributed by atoms with Crippen LogP contribution in [0.15, 0.2) is 24.3 Å². The topological polar surface area (TPSA) is 26.3 Å². The summed E-state index contributed by atoms with van der Waals surface area (Å²) in [7, 11) is 1.40. The van der Waals surface area contributed by atoms with Crippen LogP contribution in [0.1, 0.15) is 84.0 Å². The second kappa shape index (κ2) is 13.4. The summed E-state index contributed by atoms with van der Waals surface area (Å²) in [6, 6.07) is 0. The van der Waals surface area contributed by atoms with E-state index in [1.165, 1.54) is 83.8 Å². The average Bonchev–Trinajstić information content (AvgIpc) is 3.01. The van der Waals surface area contributed by atoms with Crippen molar-refractivity contribution < 1.29 is 9.53 Å². The van der Waals surface area contributed by atoms with E-state index >= 15 is 0 Å². The van der Waals surface area contributed by atoms with Gasteiger partial charge in [0.15, 0.2) is 0 Å². The van der Waals surface area contributed by atoms with Gasteiger partial charge in [0.05, 0.1) is 7.11 Å². The molecule has 132 valence electrons. The van der Waals surface area contributed by atoms with E-state index in [2.05, 4.69) is 17.7 Å². The number of carbonyl (C=O) groups excluding carboxylic acids is 1. The van der Waals surface area contributed by atoms with Crippen LogP contribution in [-0.2, 0) is 9.53 Å². The van der Waals surface area contributed by atoms with Crippen LogP contribution in [-0.4, -0.2) is 13.1 Å². The minimum atomic E-state index is -0.288. The van der Waals surface area contributed by atoms with Crippen molar-refractivity contribution in [3.8, 4) is 0 Å². The van der Waals surface area contributed by atoms with Gasteiger partial charge in [0.1, 0.15) is 0 Å². The normalized spacial score (nSPS) is 21.5. The van der Waals surface area contributed by atoms with E-state index in [1.54, 1.807) is 6.08 Å². The van der Waals surface area contributed by atoms with Crippen LogP contribution in [0.25, 0.3) is 0 Å². The van der Waals surface area contributed by atoms with Gasteiger partial charge in [-0.2, -0.15) is 0 Å². The lowest BCUT2D eigenvalue weighted by Gasteiger charge is -2.18. The maximum Gasteiger partial charge on any atom is 0.330 e. The van der Waals surface area contributed by atoms with Crippen LogP contribution in [0.5, 0.6) is 0 Å². The highest BCUT2D eigenvalue weighted by molar-refractivity contribution is 5.82. The largest absolute Gasteiger partial charge is 0.466 e. The lowest BCUT2D eigenvalue weighted by Crippen LogP contribution is -2.07. The highest BCUT2D eigenvalue weighted by Crippen LogP contribution is 2.38. The molecule has 1 aliphatic rings. The lowest BCUT2D eigenvalue weighted by molar-refractivity contribution is -0.134. The number of rotatable bonds is 12. The third-order valence-corrected chi connectivity index (χ3v) is 5.13. The van der Waals surface area contributed by atoms with E-state index < -0.39 is 0 Å². The standard InChI is InChI=1S/C21H36O2/c1-3-4-5-6-7-10-14-19-16-13-17-20(19)15-11-8-9-12-18-21(22)23-2/h8-9,12,18-20H,3-7,10-11,13-17H2,1-2H3/b9-8+,18-12+/t19-,20-/m0/s1. The Balaban J connectivity index is 2.11. The molecule has 0 heterocycles. The third kappa shape index (κ3) is 9.63. The maximum atomic E-state index is 10.9. The fourth-order valence-corrected chi connectivity index (χ4v) is 3.75. The molecule has 0 bridgehead atoms. The minimum Gasteiger partial charge on any atom is -0.466 e. The van der Waals surface area contributed by atoms with Gasteiger partial charge in [-0.3, -0.25) is 0 Å². The number of allylic oxidation sites excluding steroid dienone is 3. The van der Waals surface area contributed by atoms with Gasteiger partial charge < -0.3 is 4.74 Å². The van der Waals surface area contributed by atoms with E-state index in [0.717, 1.165) is 18.3 Å². The summed E-state index contributed by atoms with van der Waals surface area (Å²) in [6.07, 6.45) is 24.0. The summed E-state index contributed by atoms with van der Waals surface area (Å²) in [5.41, 5.74) is 0. The summed E-state index contributed by atoms with van der Waals surface area (Å²) in [5, 5.41) is 0. The number of methoxy groups -OCH3 is 1. The zero-order valence-electron chi connectivity index (χ0n) is 15.3. The Labute approximate surface area is 143 Å². The van der Waals surface area contributed by atoms with E-state index in [0.29, 0.717) is 0 Å². The van der Waals surface area contributed by atoms with Crippen LogP contribution in [0, 0.1) is 11.8 Å². The molecule has 2 atom stereocenters. The van der Waals surface area contributed by atoms with Gasteiger partial charge in [0.25, 0.3) is 0 Å². The Morgan fingerprint density at radius 3 is 2.43 bits per heavy atom. The van der Waals surface area contributed by atoms with Crippen molar-refractivity contribution in [2.75, 3.05) is 7.11 Å². The molecule has 0 aromatic carbocycles. The third-order valence-electron chi connectivity index (χ3n) is 5.13. The minimum absolute atomic E-state index is 0.288. The molecule has 1 fully saturated rings. The predicted octanol–water partition coefficient (Wildman–Crippen LogP) is 6.22. The quantitative estimate of drug-likeness (QED) is 0.185. The maximum absolute atomic E-state index is 10.9. The molecule has 0 N–H and O–H groups in total. The van der Waals surface area contributed by atoms with Gasteiger partial charge >= 0.3 is 5.97 Å². The summed E-state index contributed by atoms with van der Waals surface area (Å²) >= 11 is 0. The van der Waals surface area contributed by atoms with E-state index in [1.807, 2.05) is 6.08 Å². The van der Waals surface area contributed by atoms with Crippen LogP contribution >= 0.6 is 0 Å². The molecular weight excluding hydrogens is 284 g/mol. The Morgan fingerprint density at radius 1 is 1.00 bits per heavy atom. The second-order valence-corrected chi connectivity index (χ2v) is 6.90. The van der Waals surface area contributed by atoms with Gasteiger partial charge in [-0.15, -0.1) is 0 Å². The zero-order chi connectivity index (χ0) is 16.8. The molecule has 1 aliphatic carbocycles. The first-order valence-corrected chi connectivity index (χ1v) is 9.69. The van der Waals surface area contributed by atoms with Crippen LogP contribution in [0.4, 0.5) is 0 Å². The van der Waals surface area contributed by atoms with Crippen molar-refractivity contribution in [3.05, 3.63) is 24.3 Å². The van der Waals surface area contributed by atoms with Gasteiger partial charge in [-0.25, -0.2) is 4.79 Å². The fourth-order valence-electron chi connectivity index (χ4n) is 3.75. The molecular formula is C21H36O2. The summed E-state index contributed by atoms with van der Waals surface area (Å²) in [6.45, 7) is 2.28. The Morgan fingerprint density at radius 2 is 1.70 bits per heavy atom. The molecule has 0 radical (unpaired) electrons. The first-order chi connectivity index (χ1) is 11.3. The van der Waals surface area contributed by atoms with Crippen molar-refractivity contribution in [2.24, 2.45) is 11.8 Å². The van der Waals surface area contributed by atoms with Crippen LogP contribution in [0.2, 0.25) is 0 Å². The van der Waals surface area contributed by atoms with Crippen molar-refractivity contribution >= 4 is 5.97 Å². The summed E-state index contributed by atoms with van der Waals surface area (Å²) in [4.78, 5) is 10.9. The smallest absolute Gasteiger partial charge is 0.330 e. The summed E-state index contributed by atoms with van der Waals surface area (Å²) < 4.78 is 4.56. The van der Waals surface area contributed by atoms with Crippen LogP contribution < -0.4 is 0 Å². The SMILES string of the molecule is CCCCCCCC[C@H]1CCC[C@@H]1CC/C=C/C=C/C(=O)OC. The molecule has 1 saturated carbocycles. The van der Waals surface area contributed by atoms with Gasteiger partial charge in [0.2, 0.25) is 0 Å². The Hall–Kier alpha value is -1.05. The van der Waals surface area contributed by atoms with Crippen molar-refractivity contribution in [1.29, 1.82) is 0 Å². The number of unbranched alkanes of at least 4 members (excludes halogenated alkanes) is 5. The Bertz CT molecular complexity index is 357. The molecule has 0 amide bonds. The number of carbonyl (C=O) groups is 1. The molecule has 0 saturated heterocycles. The molecule has 2 heteroatoms. The van der Waals surface area contributed by atoms with Gasteiger partial charge in [-0.05, 0) is 24.7 Å². The van der Waals surface area contributed by atoms with Gasteiger partial charge in [0, 0.05) is 6.08 Å². The molecule has 2 nitrogen and oxygen atoms in total. The molecule has 1 rings (SSSR count). The van der Waals surface area contributed by atoms with E-state index in [9.17, 15) is 4.79 Å². The first kappa shape index (κ1) is 20.0. The number of hydrogen-bond acceptors (Lipinski definition) is 2. The molecule has 0 aromatic heterocycles. The fraction of sp³-hybridized carbons (Fsp3) is 0.762. The average molecular weight is 321 g/mol. The number of ether oxygens (including phenoxy) is 1. The molecule has 0 spiro atoms. The van der Waals surface area contributed by atoms with Gasteiger partial charge in [-0.1, -0.05) is 89.4 Å². The van der Waals surface area contributed by atoms with E-state index in [-0.39, 0.29) is 5.97 Å². The number of hydrogen-bond donors (Lipinski definition) is 0. The molecule has 0 aliphatic heterocycles. The highest BCUT2D eigenvalue weighted by atomic mass is 16.5. The monoisotopic (exact) mass is 320 g/mol. The first-order valence-electron chi connectivity index (χ1n) is 9.69. The van der Waals surface area contributed by atoms with E-state index in [4.69, 9.17) is 0 Å². The predicted molar refractivity (Wildman–Crippen MR) is 98.4 cm³/mol. The molecule has 23 heavy (non-hydrogen) atoms. The number of esters is 1. The molecule has 0 aromatic rings. The second-order valence-electron chi connectivity index (χ2n) is 6.90. The lowest BCUT2D eigenvalue weighted by atomic mass is 9.87. The van der Waals surface area contributed by atoms with Crippen LogP contribution in [0.3, 0.4) is 0 Å². The van der Waals surface area contributed by atoms with Crippen molar-refractivity contribution in [1.82, 2.24) is 0 Å². The molecule has 0 unspecified atom stereocenters. The summed E-state index contributed by atoms with van der Waals surface area (Å²) in [5.74, 6) is 1.62. The highest BCUT2D eigenvalue weighted by Gasteiger charge is 2.25. The zero-order valence-corrected chi connectivity index (χ0v) is 15.3.